The van der Waals surface area contributed by atoms with Crippen molar-refractivity contribution in [3.8, 4) is 11.5 Å². The maximum absolute atomic E-state index is 12.3. The molecule has 1 saturated heterocycles. The van der Waals surface area contributed by atoms with Crippen molar-refractivity contribution in [2.75, 3.05) is 19.5 Å². The number of ether oxygens (including phenoxy) is 2. The van der Waals surface area contributed by atoms with E-state index in [9.17, 15) is 4.79 Å². The number of aryl methyl sites for hydroxylation is 1. The second kappa shape index (κ2) is 7.93. The van der Waals surface area contributed by atoms with Crippen molar-refractivity contribution < 1.29 is 14.3 Å². The van der Waals surface area contributed by atoms with Crippen LogP contribution in [-0.2, 0) is 4.79 Å². The first kappa shape index (κ1) is 18.5. The van der Waals surface area contributed by atoms with Crippen LogP contribution in [-0.4, -0.2) is 25.6 Å². The Bertz CT molecular complexity index is 870. The molecule has 0 spiro atoms. The molecular formula is C19H19ClN2O3S. The molecular weight excluding hydrogens is 372 g/mol. The van der Waals surface area contributed by atoms with E-state index in [0.717, 1.165) is 16.8 Å². The number of hydrogen-bond donors (Lipinski definition) is 2. The first-order valence-electron chi connectivity index (χ1n) is 7.94. The molecule has 2 aromatic rings. The third kappa shape index (κ3) is 4.08. The van der Waals surface area contributed by atoms with Gasteiger partial charge in [-0.3, -0.25) is 4.79 Å². The van der Waals surface area contributed by atoms with Crippen LogP contribution in [0.25, 0.3) is 6.08 Å². The lowest BCUT2D eigenvalue weighted by Crippen LogP contribution is -2.31. The number of halogens is 1. The first-order chi connectivity index (χ1) is 12.5. The van der Waals surface area contributed by atoms with Gasteiger partial charge in [0.25, 0.3) is 5.91 Å². The van der Waals surface area contributed by atoms with Crippen LogP contribution in [0.5, 0.6) is 11.5 Å². The van der Waals surface area contributed by atoms with Gasteiger partial charge in [-0.25, -0.2) is 0 Å². The van der Waals surface area contributed by atoms with Crippen LogP contribution in [0.3, 0.4) is 0 Å². The molecule has 3 rings (SSSR count). The highest BCUT2D eigenvalue weighted by Crippen LogP contribution is 2.33. The molecule has 2 aromatic carbocycles. The molecule has 2 N–H and O–H groups in total. The van der Waals surface area contributed by atoms with E-state index in [1.807, 2.05) is 49.4 Å². The summed E-state index contributed by atoms with van der Waals surface area (Å²) < 4.78 is 10.5. The predicted octanol–water partition coefficient (Wildman–Crippen LogP) is 4.27. The van der Waals surface area contributed by atoms with Gasteiger partial charge in [0.2, 0.25) is 0 Å². The van der Waals surface area contributed by atoms with Gasteiger partial charge in [0.05, 0.1) is 19.1 Å². The highest BCUT2D eigenvalue weighted by molar-refractivity contribution is 8.05. The molecule has 0 radical (unpaired) electrons. The van der Waals surface area contributed by atoms with Crippen molar-refractivity contribution in [3.63, 3.8) is 0 Å². The van der Waals surface area contributed by atoms with Crippen LogP contribution in [0.1, 0.15) is 11.1 Å². The Morgan fingerprint density at radius 1 is 1.15 bits per heavy atom. The number of carbonyl (C=O) groups excluding carboxylic acids is 1. The Morgan fingerprint density at radius 2 is 1.92 bits per heavy atom. The second-order valence-corrected chi connectivity index (χ2v) is 7.28. The minimum absolute atomic E-state index is 0.117. The number of anilines is 1. The molecule has 1 fully saturated rings. The summed E-state index contributed by atoms with van der Waals surface area (Å²) in [5.41, 5.74) is 2.57. The number of amides is 1. The average Bonchev–Trinajstić information content (AvgIpc) is 2.96. The molecule has 7 heteroatoms. The number of carbonyl (C=O) groups is 1. The van der Waals surface area contributed by atoms with Gasteiger partial charge in [0.1, 0.15) is 0 Å². The molecule has 0 aliphatic carbocycles. The number of nitrogens with one attached hydrogen (secondary N) is 2. The molecule has 26 heavy (non-hydrogen) atoms. The van der Waals surface area contributed by atoms with Gasteiger partial charge in [-0.05, 0) is 54.5 Å². The summed E-state index contributed by atoms with van der Waals surface area (Å²) in [7, 11) is 3.17. The molecule has 136 valence electrons. The van der Waals surface area contributed by atoms with Crippen molar-refractivity contribution in [3.05, 3.63) is 57.5 Å². The molecule has 5 nitrogen and oxygen atoms in total. The molecule has 1 heterocycles. The summed E-state index contributed by atoms with van der Waals surface area (Å²) in [5, 5.41) is 6.92. The van der Waals surface area contributed by atoms with E-state index in [-0.39, 0.29) is 11.4 Å². The Hall–Kier alpha value is -2.31. The lowest BCUT2D eigenvalue weighted by atomic mass is 10.2. The fourth-order valence-corrected chi connectivity index (χ4v) is 3.79. The Balaban J connectivity index is 1.76. The van der Waals surface area contributed by atoms with E-state index in [1.165, 1.54) is 11.8 Å². The summed E-state index contributed by atoms with van der Waals surface area (Å²) in [6.07, 6.45) is 1.83. The van der Waals surface area contributed by atoms with E-state index in [4.69, 9.17) is 21.1 Å². The highest BCUT2D eigenvalue weighted by atomic mass is 35.5. The number of methoxy groups -OCH3 is 2. The van der Waals surface area contributed by atoms with E-state index in [1.54, 1.807) is 14.2 Å². The van der Waals surface area contributed by atoms with Crippen molar-refractivity contribution in [1.82, 2.24) is 5.32 Å². The Morgan fingerprint density at radius 3 is 2.62 bits per heavy atom. The van der Waals surface area contributed by atoms with Crippen molar-refractivity contribution in [2.24, 2.45) is 0 Å². The second-order valence-electron chi connectivity index (χ2n) is 5.70. The molecule has 1 aliphatic heterocycles. The van der Waals surface area contributed by atoms with E-state index >= 15 is 0 Å². The summed E-state index contributed by atoms with van der Waals surface area (Å²) in [6.45, 7) is 1.97. The summed E-state index contributed by atoms with van der Waals surface area (Å²) in [4.78, 5) is 12.9. The molecule has 1 aliphatic rings. The van der Waals surface area contributed by atoms with Crippen LogP contribution >= 0.6 is 23.4 Å². The molecule has 1 amide bonds. The maximum Gasteiger partial charge on any atom is 0.260 e. The summed E-state index contributed by atoms with van der Waals surface area (Å²) in [6, 6.07) is 11.1. The maximum atomic E-state index is 12.3. The van der Waals surface area contributed by atoms with Crippen LogP contribution < -0.4 is 20.1 Å². The van der Waals surface area contributed by atoms with Gasteiger partial charge in [-0.2, -0.15) is 0 Å². The van der Waals surface area contributed by atoms with Gasteiger partial charge < -0.3 is 20.1 Å². The fourth-order valence-electron chi connectivity index (χ4n) is 2.59. The largest absolute Gasteiger partial charge is 0.493 e. The molecule has 0 aromatic heterocycles. The first-order valence-corrected chi connectivity index (χ1v) is 9.20. The van der Waals surface area contributed by atoms with Gasteiger partial charge >= 0.3 is 0 Å². The monoisotopic (exact) mass is 390 g/mol. The van der Waals surface area contributed by atoms with E-state index < -0.39 is 0 Å². The van der Waals surface area contributed by atoms with Gasteiger partial charge in [-0.15, -0.1) is 0 Å². The zero-order chi connectivity index (χ0) is 18.7. The minimum Gasteiger partial charge on any atom is -0.493 e. The SMILES string of the molecule is COc1ccc(/C=C2\SC(Nc3ccc(Cl)cc3C)NC2=O)cc1OC. The fraction of sp³-hybridized carbons (Fsp3) is 0.211. The third-order valence-electron chi connectivity index (χ3n) is 3.91. The van der Waals surface area contributed by atoms with Crippen LogP contribution in [0, 0.1) is 6.92 Å². The quantitative estimate of drug-likeness (QED) is 0.747. The highest BCUT2D eigenvalue weighted by Gasteiger charge is 2.27. The normalized spacial score (nSPS) is 17.9. The lowest BCUT2D eigenvalue weighted by Gasteiger charge is -2.15. The molecule has 1 atom stereocenters. The van der Waals surface area contributed by atoms with Gasteiger partial charge in [0.15, 0.2) is 17.0 Å². The minimum atomic E-state index is -0.242. The number of benzene rings is 2. The van der Waals surface area contributed by atoms with Gasteiger partial charge in [0, 0.05) is 10.7 Å². The van der Waals surface area contributed by atoms with Crippen molar-refractivity contribution in [1.29, 1.82) is 0 Å². The van der Waals surface area contributed by atoms with Crippen LogP contribution in [0.4, 0.5) is 5.69 Å². The Kier molecular flexibility index (Phi) is 5.64. The molecule has 0 saturated carbocycles. The van der Waals surface area contributed by atoms with Crippen molar-refractivity contribution in [2.45, 2.75) is 12.4 Å². The number of hydrogen-bond acceptors (Lipinski definition) is 5. The topological polar surface area (TPSA) is 59.6 Å². The van der Waals surface area contributed by atoms with Crippen LogP contribution in [0.2, 0.25) is 5.02 Å². The summed E-state index contributed by atoms with van der Waals surface area (Å²) >= 11 is 7.41. The summed E-state index contributed by atoms with van der Waals surface area (Å²) in [5.74, 6) is 1.15. The van der Waals surface area contributed by atoms with E-state index in [0.29, 0.717) is 21.4 Å². The van der Waals surface area contributed by atoms with Gasteiger partial charge in [-0.1, -0.05) is 29.4 Å². The van der Waals surface area contributed by atoms with Crippen molar-refractivity contribution >= 4 is 41.0 Å². The molecule has 0 bridgehead atoms. The smallest absolute Gasteiger partial charge is 0.260 e. The number of thioether (sulfide) groups is 1. The Labute approximate surface area is 161 Å². The third-order valence-corrected chi connectivity index (χ3v) is 5.17. The molecule has 1 unspecified atom stereocenters. The van der Waals surface area contributed by atoms with Crippen LogP contribution in [0.15, 0.2) is 41.3 Å². The predicted molar refractivity (Wildman–Crippen MR) is 107 cm³/mol. The average molecular weight is 391 g/mol. The zero-order valence-corrected chi connectivity index (χ0v) is 16.2. The number of rotatable bonds is 5. The lowest BCUT2D eigenvalue weighted by molar-refractivity contribution is -0.116. The van der Waals surface area contributed by atoms with E-state index in [2.05, 4.69) is 10.6 Å². The standard InChI is InChI=1S/C19H19ClN2O3S/c1-11-8-13(20)5-6-14(11)21-19-22-18(23)17(26-19)10-12-4-7-15(24-2)16(9-12)25-3/h4-10,19,21H,1-3H3,(H,22,23)/b17-10-. The zero-order valence-electron chi connectivity index (χ0n) is 14.6.